The normalized spacial score (nSPS) is 21.2. The van der Waals surface area contributed by atoms with Crippen molar-refractivity contribution in [2.75, 3.05) is 24.6 Å². The third kappa shape index (κ3) is 2.31. The largest absolute Gasteiger partial charge is 0.432 e. The molecule has 0 aliphatic carbocycles. The van der Waals surface area contributed by atoms with Crippen molar-refractivity contribution in [1.29, 1.82) is 0 Å². The van der Waals surface area contributed by atoms with Crippen LogP contribution < -0.4 is 4.90 Å². The summed E-state index contributed by atoms with van der Waals surface area (Å²) in [5.74, 6) is 0. The molecule has 1 aliphatic rings. The predicted molar refractivity (Wildman–Crippen MR) is 58.1 cm³/mol. The van der Waals surface area contributed by atoms with Gasteiger partial charge in [-0.1, -0.05) is 6.92 Å². The fourth-order valence-electron chi connectivity index (χ4n) is 1.88. The van der Waals surface area contributed by atoms with Crippen molar-refractivity contribution in [3.05, 3.63) is 12.0 Å². The van der Waals surface area contributed by atoms with E-state index in [0.717, 1.165) is 44.2 Å². The molecular formula is C11H18N2O2. The Morgan fingerprint density at radius 1 is 1.60 bits per heavy atom. The quantitative estimate of drug-likeness (QED) is 0.760. The fourth-order valence-corrected chi connectivity index (χ4v) is 1.88. The Bertz CT molecular complexity index is 311. The molecule has 2 heterocycles. The monoisotopic (exact) mass is 210 g/mol. The first-order valence-corrected chi connectivity index (χ1v) is 5.64. The molecule has 4 heteroatoms. The summed E-state index contributed by atoms with van der Waals surface area (Å²) in [4.78, 5) is 6.56. The van der Waals surface area contributed by atoms with Crippen molar-refractivity contribution >= 4 is 6.01 Å². The molecule has 1 fully saturated rings. The summed E-state index contributed by atoms with van der Waals surface area (Å²) in [6, 6.07) is 0.744. The molecule has 2 rings (SSSR count). The lowest BCUT2D eigenvalue weighted by Crippen LogP contribution is -2.23. The van der Waals surface area contributed by atoms with Crippen LogP contribution in [0, 0.1) is 0 Å². The summed E-state index contributed by atoms with van der Waals surface area (Å²) in [6.07, 6.45) is 4.07. The molecule has 4 nitrogen and oxygen atoms in total. The van der Waals surface area contributed by atoms with Crippen molar-refractivity contribution in [3.8, 4) is 0 Å². The van der Waals surface area contributed by atoms with Crippen LogP contribution in [-0.2, 0) is 11.2 Å². The molecule has 1 aromatic heterocycles. The second-order valence-corrected chi connectivity index (χ2v) is 3.79. The number of hydrogen-bond acceptors (Lipinski definition) is 4. The molecule has 0 spiro atoms. The summed E-state index contributed by atoms with van der Waals surface area (Å²) in [5, 5.41) is 0. The second kappa shape index (κ2) is 4.66. The molecule has 0 radical (unpaired) electrons. The third-order valence-corrected chi connectivity index (χ3v) is 2.72. The molecule has 84 valence electrons. The molecule has 0 bridgehead atoms. The first-order valence-electron chi connectivity index (χ1n) is 5.64. The van der Waals surface area contributed by atoms with Gasteiger partial charge in [0.2, 0.25) is 0 Å². The average molecular weight is 210 g/mol. The van der Waals surface area contributed by atoms with Crippen LogP contribution in [0.3, 0.4) is 0 Å². The van der Waals surface area contributed by atoms with Crippen LogP contribution in [0.15, 0.2) is 10.7 Å². The summed E-state index contributed by atoms with van der Waals surface area (Å²) in [7, 11) is 0. The third-order valence-electron chi connectivity index (χ3n) is 2.72. The number of oxazole rings is 1. The topological polar surface area (TPSA) is 38.5 Å². The van der Waals surface area contributed by atoms with Gasteiger partial charge in [0.25, 0.3) is 6.01 Å². The lowest BCUT2D eigenvalue weighted by Gasteiger charge is -2.13. The standard InChI is InChI=1S/C11H18N2O2/c1-3-9-8-15-11(12-9)13-6-5-10(7-13)14-4-2/h8,10H,3-7H2,1-2H3/t10-/m0/s1. The lowest BCUT2D eigenvalue weighted by atomic mass is 10.3. The highest BCUT2D eigenvalue weighted by Gasteiger charge is 2.25. The number of nitrogens with zero attached hydrogens (tertiary/aromatic N) is 2. The molecule has 1 aromatic rings. The van der Waals surface area contributed by atoms with Gasteiger partial charge in [0.1, 0.15) is 6.26 Å². The van der Waals surface area contributed by atoms with Gasteiger partial charge in [0, 0.05) is 19.7 Å². The highest BCUT2D eigenvalue weighted by molar-refractivity contribution is 5.29. The van der Waals surface area contributed by atoms with Crippen molar-refractivity contribution in [3.63, 3.8) is 0 Å². The maximum Gasteiger partial charge on any atom is 0.297 e. The maximum absolute atomic E-state index is 5.58. The molecular weight excluding hydrogens is 192 g/mol. The SMILES string of the molecule is CCO[C@H]1CCN(c2nc(CC)co2)C1. The van der Waals surface area contributed by atoms with Gasteiger partial charge in [-0.15, -0.1) is 0 Å². The second-order valence-electron chi connectivity index (χ2n) is 3.79. The Morgan fingerprint density at radius 3 is 3.13 bits per heavy atom. The van der Waals surface area contributed by atoms with E-state index in [1.807, 2.05) is 6.92 Å². The molecule has 0 N–H and O–H groups in total. The number of rotatable bonds is 4. The Hall–Kier alpha value is -1.03. The minimum absolute atomic E-state index is 0.340. The van der Waals surface area contributed by atoms with Crippen LogP contribution >= 0.6 is 0 Å². The van der Waals surface area contributed by atoms with Crippen molar-refractivity contribution < 1.29 is 9.15 Å². The van der Waals surface area contributed by atoms with Gasteiger partial charge in [0.15, 0.2) is 0 Å². The van der Waals surface area contributed by atoms with Gasteiger partial charge in [-0.05, 0) is 19.8 Å². The summed E-state index contributed by atoms with van der Waals surface area (Å²) in [6.45, 7) is 6.77. The van der Waals surface area contributed by atoms with Gasteiger partial charge in [-0.25, -0.2) is 0 Å². The molecule has 0 amide bonds. The van der Waals surface area contributed by atoms with E-state index in [-0.39, 0.29) is 0 Å². The molecule has 0 saturated carbocycles. The predicted octanol–water partition coefficient (Wildman–Crippen LogP) is 1.85. The average Bonchev–Trinajstić information content (AvgIpc) is 2.85. The molecule has 0 aromatic carbocycles. The Kier molecular flexibility index (Phi) is 3.26. The van der Waals surface area contributed by atoms with Gasteiger partial charge >= 0.3 is 0 Å². The van der Waals surface area contributed by atoms with Crippen LogP contribution in [-0.4, -0.2) is 30.8 Å². The van der Waals surface area contributed by atoms with E-state index < -0.39 is 0 Å². The van der Waals surface area contributed by atoms with Gasteiger partial charge in [-0.2, -0.15) is 4.98 Å². The summed E-state index contributed by atoms with van der Waals surface area (Å²) < 4.78 is 11.0. The minimum Gasteiger partial charge on any atom is -0.432 e. The van der Waals surface area contributed by atoms with Crippen molar-refractivity contribution in [2.24, 2.45) is 0 Å². The zero-order valence-corrected chi connectivity index (χ0v) is 9.40. The number of hydrogen-bond donors (Lipinski definition) is 0. The summed E-state index contributed by atoms with van der Waals surface area (Å²) >= 11 is 0. The van der Waals surface area contributed by atoms with Crippen LogP contribution in [0.1, 0.15) is 26.0 Å². The molecule has 0 unspecified atom stereocenters. The lowest BCUT2D eigenvalue weighted by molar-refractivity contribution is 0.0785. The van der Waals surface area contributed by atoms with Gasteiger partial charge in [-0.3, -0.25) is 0 Å². The van der Waals surface area contributed by atoms with E-state index in [9.17, 15) is 0 Å². The van der Waals surface area contributed by atoms with Crippen LogP contribution in [0.5, 0.6) is 0 Å². The van der Waals surface area contributed by atoms with Crippen LogP contribution in [0.25, 0.3) is 0 Å². The van der Waals surface area contributed by atoms with E-state index in [1.54, 1.807) is 6.26 Å². The highest BCUT2D eigenvalue weighted by atomic mass is 16.5. The maximum atomic E-state index is 5.58. The smallest absolute Gasteiger partial charge is 0.297 e. The molecule has 1 atom stereocenters. The van der Waals surface area contributed by atoms with E-state index in [1.165, 1.54) is 0 Å². The van der Waals surface area contributed by atoms with Crippen molar-refractivity contribution in [2.45, 2.75) is 32.8 Å². The first kappa shape index (κ1) is 10.5. The summed E-state index contributed by atoms with van der Waals surface area (Å²) in [5.41, 5.74) is 1.02. The zero-order chi connectivity index (χ0) is 10.7. The highest BCUT2D eigenvalue weighted by Crippen LogP contribution is 2.21. The van der Waals surface area contributed by atoms with E-state index in [2.05, 4.69) is 16.8 Å². The number of aryl methyl sites for hydroxylation is 1. The van der Waals surface area contributed by atoms with Gasteiger partial charge < -0.3 is 14.1 Å². The van der Waals surface area contributed by atoms with Gasteiger partial charge in [0.05, 0.1) is 11.8 Å². The number of ether oxygens (including phenoxy) is 1. The molecule has 1 saturated heterocycles. The van der Waals surface area contributed by atoms with E-state index in [4.69, 9.17) is 9.15 Å². The minimum atomic E-state index is 0.340. The Labute approximate surface area is 90.2 Å². The van der Waals surface area contributed by atoms with Crippen LogP contribution in [0.4, 0.5) is 6.01 Å². The number of aromatic nitrogens is 1. The Morgan fingerprint density at radius 2 is 2.47 bits per heavy atom. The molecule has 15 heavy (non-hydrogen) atoms. The van der Waals surface area contributed by atoms with E-state index in [0.29, 0.717) is 6.10 Å². The van der Waals surface area contributed by atoms with Crippen LogP contribution in [0.2, 0.25) is 0 Å². The zero-order valence-electron chi connectivity index (χ0n) is 9.40. The Balaban J connectivity index is 1.95. The van der Waals surface area contributed by atoms with E-state index >= 15 is 0 Å². The van der Waals surface area contributed by atoms with Crippen molar-refractivity contribution in [1.82, 2.24) is 4.98 Å². The number of anilines is 1. The first-order chi connectivity index (χ1) is 7.33. The fraction of sp³-hybridized carbons (Fsp3) is 0.727. The molecule has 1 aliphatic heterocycles.